The van der Waals surface area contributed by atoms with Crippen molar-refractivity contribution in [2.45, 2.75) is 36.2 Å². The molecule has 3 heterocycles. The summed E-state index contributed by atoms with van der Waals surface area (Å²) in [5.74, 6) is 0.886. The fraction of sp³-hybridized carbons (Fsp3) is 0.167. The van der Waals surface area contributed by atoms with Crippen LogP contribution in [0.3, 0.4) is 0 Å². The number of aromatic hydroxyl groups is 1. The molecule has 0 saturated heterocycles. The minimum Gasteiger partial charge on any atom is -0.507 e. The molecule has 4 rings (SSSR count). The Morgan fingerprint density at radius 2 is 1.47 bits per heavy atom. The number of phenols is 1. The molecule has 1 N–H and O–H groups in total. The molecule has 0 spiro atoms. The molecule has 0 aliphatic carbocycles. The van der Waals surface area contributed by atoms with E-state index >= 15 is 0 Å². The van der Waals surface area contributed by atoms with Crippen LogP contribution in [0.5, 0.6) is 5.75 Å². The molecule has 5 nitrogen and oxygen atoms in total. The second kappa shape index (κ2) is 8.24. The Labute approximate surface area is 180 Å². The first kappa shape index (κ1) is 20.0. The van der Waals surface area contributed by atoms with Gasteiger partial charge >= 0.3 is 0 Å². The number of nitrogens with zero attached hydrogens (tertiary/aromatic N) is 4. The summed E-state index contributed by atoms with van der Waals surface area (Å²) in [5.41, 5.74) is 2.56. The van der Waals surface area contributed by atoms with E-state index in [0.29, 0.717) is 17.1 Å². The standard InChI is InChI=1S/C24H22N4OS/c1-24(2,3)23-27-18(16-9-4-5-11-20(16)29)15-19(28-23)17-10-8-13-22(26-17)30-21-12-6-7-14-25-21/h4-15,29H,1-3H3. The molecular formula is C24H22N4OS. The third kappa shape index (κ3) is 4.49. The number of para-hydroxylation sites is 1. The van der Waals surface area contributed by atoms with Gasteiger partial charge in [0.15, 0.2) is 0 Å². The van der Waals surface area contributed by atoms with E-state index in [1.165, 1.54) is 11.8 Å². The fourth-order valence-corrected chi connectivity index (χ4v) is 3.64. The number of phenolic OH excluding ortho intramolecular Hbond substituents is 1. The van der Waals surface area contributed by atoms with Crippen LogP contribution in [0.4, 0.5) is 0 Å². The molecule has 1 aromatic carbocycles. The number of pyridine rings is 2. The molecule has 0 amide bonds. The van der Waals surface area contributed by atoms with E-state index < -0.39 is 0 Å². The molecule has 150 valence electrons. The predicted octanol–water partition coefficient (Wildman–Crippen LogP) is 5.75. The van der Waals surface area contributed by atoms with Gasteiger partial charge in [-0.15, -0.1) is 0 Å². The van der Waals surface area contributed by atoms with Crippen LogP contribution in [0.25, 0.3) is 22.6 Å². The van der Waals surface area contributed by atoms with Crippen LogP contribution in [0.15, 0.2) is 83.0 Å². The average molecular weight is 415 g/mol. The van der Waals surface area contributed by atoms with Crippen LogP contribution < -0.4 is 0 Å². The lowest BCUT2D eigenvalue weighted by atomic mass is 9.95. The second-order valence-corrected chi connectivity index (χ2v) is 8.90. The lowest BCUT2D eigenvalue weighted by Crippen LogP contribution is -2.17. The van der Waals surface area contributed by atoms with Crippen LogP contribution in [-0.4, -0.2) is 25.0 Å². The lowest BCUT2D eigenvalue weighted by molar-refractivity contribution is 0.477. The second-order valence-electron chi connectivity index (χ2n) is 7.86. The molecule has 0 bridgehead atoms. The maximum atomic E-state index is 10.3. The topological polar surface area (TPSA) is 71.8 Å². The van der Waals surface area contributed by atoms with Crippen molar-refractivity contribution in [2.75, 3.05) is 0 Å². The van der Waals surface area contributed by atoms with E-state index in [1.54, 1.807) is 18.3 Å². The van der Waals surface area contributed by atoms with E-state index in [4.69, 9.17) is 15.0 Å². The van der Waals surface area contributed by atoms with Crippen molar-refractivity contribution in [1.82, 2.24) is 19.9 Å². The first-order chi connectivity index (χ1) is 14.4. The number of benzene rings is 1. The lowest BCUT2D eigenvalue weighted by Gasteiger charge is -2.19. The van der Waals surface area contributed by atoms with Crippen molar-refractivity contribution in [3.63, 3.8) is 0 Å². The van der Waals surface area contributed by atoms with Gasteiger partial charge in [0.05, 0.1) is 17.1 Å². The maximum Gasteiger partial charge on any atom is 0.135 e. The molecule has 0 atom stereocenters. The largest absolute Gasteiger partial charge is 0.507 e. The normalized spacial score (nSPS) is 11.4. The Balaban J connectivity index is 1.80. The first-order valence-electron chi connectivity index (χ1n) is 9.64. The highest BCUT2D eigenvalue weighted by atomic mass is 32.2. The number of hydrogen-bond donors (Lipinski definition) is 1. The van der Waals surface area contributed by atoms with Gasteiger partial charge < -0.3 is 5.11 Å². The molecule has 0 aliphatic heterocycles. The summed E-state index contributed by atoms with van der Waals surface area (Å²) >= 11 is 1.50. The van der Waals surface area contributed by atoms with Crippen LogP contribution in [0.1, 0.15) is 26.6 Å². The van der Waals surface area contributed by atoms with E-state index in [2.05, 4.69) is 25.8 Å². The van der Waals surface area contributed by atoms with Crippen LogP contribution in [0, 0.1) is 0 Å². The van der Waals surface area contributed by atoms with E-state index in [9.17, 15) is 5.11 Å². The highest BCUT2D eigenvalue weighted by molar-refractivity contribution is 7.99. The predicted molar refractivity (Wildman–Crippen MR) is 119 cm³/mol. The number of hydrogen-bond acceptors (Lipinski definition) is 6. The van der Waals surface area contributed by atoms with Gasteiger partial charge in [0.2, 0.25) is 0 Å². The highest BCUT2D eigenvalue weighted by Crippen LogP contribution is 2.32. The third-order valence-corrected chi connectivity index (χ3v) is 5.30. The van der Waals surface area contributed by atoms with Crippen molar-refractivity contribution in [3.05, 3.63) is 78.8 Å². The van der Waals surface area contributed by atoms with Gasteiger partial charge in [-0.1, -0.05) is 56.8 Å². The quantitative estimate of drug-likeness (QED) is 0.458. The van der Waals surface area contributed by atoms with Crippen molar-refractivity contribution < 1.29 is 5.11 Å². The summed E-state index contributed by atoms with van der Waals surface area (Å²) in [6.45, 7) is 6.21. The summed E-state index contributed by atoms with van der Waals surface area (Å²) in [4.78, 5) is 18.7. The van der Waals surface area contributed by atoms with E-state index in [-0.39, 0.29) is 11.2 Å². The van der Waals surface area contributed by atoms with Gasteiger partial charge in [0, 0.05) is 17.2 Å². The fourth-order valence-electron chi connectivity index (χ4n) is 2.87. The zero-order valence-electron chi connectivity index (χ0n) is 17.1. The van der Waals surface area contributed by atoms with Crippen LogP contribution >= 0.6 is 11.8 Å². The Morgan fingerprint density at radius 1 is 0.733 bits per heavy atom. The molecule has 4 aromatic rings. The Bertz CT molecular complexity index is 1170. The monoisotopic (exact) mass is 414 g/mol. The van der Waals surface area contributed by atoms with Crippen molar-refractivity contribution in [1.29, 1.82) is 0 Å². The summed E-state index contributed by atoms with van der Waals surface area (Å²) in [6.07, 6.45) is 1.77. The molecule has 0 unspecified atom stereocenters. The third-order valence-electron chi connectivity index (χ3n) is 4.41. The first-order valence-corrected chi connectivity index (χ1v) is 10.5. The maximum absolute atomic E-state index is 10.3. The van der Waals surface area contributed by atoms with Gasteiger partial charge in [-0.2, -0.15) is 0 Å². The Kier molecular flexibility index (Phi) is 5.50. The smallest absolute Gasteiger partial charge is 0.135 e. The zero-order valence-corrected chi connectivity index (χ0v) is 17.9. The number of aromatic nitrogens is 4. The summed E-state index contributed by atoms with van der Waals surface area (Å²) in [7, 11) is 0. The van der Waals surface area contributed by atoms with Gasteiger partial charge in [-0.3, -0.25) is 0 Å². The summed E-state index contributed by atoms with van der Waals surface area (Å²) in [6, 6.07) is 20.7. The zero-order chi connectivity index (χ0) is 21.1. The summed E-state index contributed by atoms with van der Waals surface area (Å²) in [5, 5.41) is 12.1. The van der Waals surface area contributed by atoms with Gasteiger partial charge in [-0.25, -0.2) is 19.9 Å². The molecule has 3 aromatic heterocycles. The van der Waals surface area contributed by atoms with Crippen molar-refractivity contribution >= 4 is 11.8 Å². The molecule has 0 radical (unpaired) electrons. The average Bonchev–Trinajstić information content (AvgIpc) is 2.74. The van der Waals surface area contributed by atoms with Crippen molar-refractivity contribution in [2.24, 2.45) is 0 Å². The van der Waals surface area contributed by atoms with Crippen LogP contribution in [-0.2, 0) is 5.41 Å². The molecule has 0 fully saturated rings. The van der Waals surface area contributed by atoms with E-state index in [1.807, 2.05) is 54.6 Å². The SMILES string of the molecule is CC(C)(C)c1nc(-c2cccc(Sc3ccccn3)n2)cc(-c2ccccc2O)n1. The number of rotatable bonds is 4. The van der Waals surface area contributed by atoms with E-state index in [0.717, 1.165) is 21.4 Å². The van der Waals surface area contributed by atoms with Crippen LogP contribution in [0.2, 0.25) is 0 Å². The van der Waals surface area contributed by atoms with Gasteiger partial charge in [-0.05, 0) is 42.5 Å². The van der Waals surface area contributed by atoms with Crippen molar-refractivity contribution in [3.8, 4) is 28.4 Å². The summed E-state index contributed by atoms with van der Waals surface area (Å²) < 4.78 is 0. The Morgan fingerprint density at radius 3 is 2.20 bits per heavy atom. The minimum atomic E-state index is -0.254. The highest BCUT2D eigenvalue weighted by Gasteiger charge is 2.21. The van der Waals surface area contributed by atoms with Gasteiger partial charge in [0.1, 0.15) is 21.6 Å². The molecular weight excluding hydrogens is 392 g/mol. The van der Waals surface area contributed by atoms with Gasteiger partial charge in [0.25, 0.3) is 0 Å². The molecule has 6 heteroatoms. The molecule has 0 aliphatic rings. The molecule has 30 heavy (non-hydrogen) atoms. The molecule has 0 saturated carbocycles. The minimum absolute atomic E-state index is 0.189. The Hall–Kier alpha value is -3.25.